The highest BCUT2D eigenvalue weighted by atomic mass is 35.5. The summed E-state index contributed by atoms with van der Waals surface area (Å²) in [6, 6.07) is 11.9. The number of halogens is 5. The summed E-state index contributed by atoms with van der Waals surface area (Å²) in [5.41, 5.74) is 5.11. The molecule has 1 amide bonds. The lowest BCUT2D eigenvalue weighted by molar-refractivity contribution is -0.136. The molecule has 260 valence electrons. The van der Waals surface area contributed by atoms with Gasteiger partial charge in [-0.15, -0.1) is 0 Å². The van der Waals surface area contributed by atoms with Gasteiger partial charge in [0.2, 0.25) is 0 Å². The van der Waals surface area contributed by atoms with Gasteiger partial charge in [-0.1, -0.05) is 29.6 Å². The maximum Gasteiger partial charge on any atom is 0.389 e. The zero-order valence-electron chi connectivity index (χ0n) is 25.0. The van der Waals surface area contributed by atoms with Gasteiger partial charge in [-0.3, -0.25) is 23.9 Å². The first kappa shape index (κ1) is 38.5. The summed E-state index contributed by atoms with van der Waals surface area (Å²) < 4.78 is 99.8. The van der Waals surface area contributed by atoms with Gasteiger partial charge in [0.25, 0.3) is 26.1 Å². The van der Waals surface area contributed by atoms with E-state index in [1.807, 2.05) is 9.58 Å². The van der Waals surface area contributed by atoms with Gasteiger partial charge in [-0.25, -0.2) is 9.99 Å². The Balaban J connectivity index is 0.000000520. The molecule has 1 aliphatic heterocycles. The molecule has 0 radical (unpaired) electrons. The number of ether oxygens (including phenoxy) is 1. The van der Waals surface area contributed by atoms with Gasteiger partial charge in [0, 0.05) is 35.8 Å². The fourth-order valence-corrected chi connectivity index (χ4v) is 6.63. The highest BCUT2D eigenvalue weighted by molar-refractivity contribution is 7.89. The molecule has 12 nitrogen and oxygen atoms in total. The van der Waals surface area contributed by atoms with Gasteiger partial charge in [0.1, 0.15) is 11.6 Å². The van der Waals surface area contributed by atoms with Crippen LogP contribution in [0, 0.1) is 6.92 Å². The molecular weight excluding hydrogens is 712 g/mol. The first-order valence-electron chi connectivity index (χ1n) is 14.1. The van der Waals surface area contributed by atoms with Crippen LogP contribution in [0.2, 0.25) is 10.0 Å². The fourth-order valence-electron chi connectivity index (χ4n) is 4.45. The van der Waals surface area contributed by atoms with E-state index in [1.54, 1.807) is 49.4 Å². The molecule has 4 rings (SSSR count). The number of hydrazine groups is 1. The van der Waals surface area contributed by atoms with Gasteiger partial charge in [-0.05, 0) is 68.7 Å². The number of aromatic nitrogens is 2. The first-order chi connectivity index (χ1) is 21.8. The molecule has 3 N–H and O–H groups in total. The number of imidazole rings is 1. The molecule has 0 bridgehead atoms. The molecule has 3 aromatic rings. The minimum Gasteiger partial charge on any atom is -0.494 e. The van der Waals surface area contributed by atoms with Crippen LogP contribution in [0.3, 0.4) is 0 Å². The Morgan fingerprint density at radius 3 is 2.11 bits per heavy atom. The van der Waals surface area contributed by atoms with Crippen molar-refractivity contribution in [2.24, 2.45) is 0 Å². The van der Waals surface area contributed by atoms with Crippen LogP contribution in [0.15, 0.2) is 42.5 Å². The van der Waals surface area contributed by atoms with Crippen LogP contribution in [0.1, 0.15) is 48.3 Å². The number of alkyl halides is 3. The molecule has 1 aliphatic rings. The average molecular weight is 746 g/mol. The largest absolute Gasteiger partial charge is 0.494 e. The SMILES string of the molecule is Cc1c(C(=O)NN2CCCCC2)nc(-c2ccc(Cl)cc2Cl)n1-c1ccc(OCCCC(F)(F)F)cc1.O=S(=O)(O)CCS(=O)(=O)O. The quantitative estimate of drug-likeness (QED) is 0.162. The Kier molecular flexibility index (Phi) is 13.5. The van der Waals surface area contributed by atoms with E-state index in [1.165, 1.54) is 0 Å². The van der Waals surface area contributed by atoms with Crippen molar-refractivity contribution in [1.29, 1.82) is 0 Å². The second-order valence-corrected chi connectivity index (χ2v) is 14.4. The highest BCUT2D eigenvalue weighted by Gasteiger charge is 2.27. The fraction of sp³-hybridized carbons (Fsp3) is 0.429. The third-order valence-corrected chi connectivity index (χ3v) is 8.92. The third kappa shape index (κ3) is 12.9. The number of piperidine rings is 1. The maximum atomic E-state index is 13.2. The van der Waals surface area contributed by atoms with Gasteiger partial charge in [0.15, 0.2) is 5.69 Å². The lowest BCUT2D eigenvalue weighted by Gasteiger charge is -2.26. The van der Waals surface area contributed by atoms with Crippen LogP contribution in [-0.4, -0.2) is 83.8 Å². The molecule has 2 heterocycles. The van der Waals surface area contributed by atoms with Crippen LogP contribution in [0.5, 0.6) is 5.75 Å². The van der Waals surface area contributed by atoms with E-state index in [4.69, 9.17) is 37.0 Å². The van der Waals surface area contributed by atoms with Crippen LogP contribution in [0.4, 0.5) is 13.2 Å². The van der Waals surface area contributed by atoms with Crippen molar-refractivity contribution in [3.05, 3.63) is 63.9 Å². The minimum atomic E-state index is -4.30. The Bertz CT molecular complexity index is 1720. The second kappa shape index (κ2) is 16.5. The third-order valence-electron chi connectivity index (χ3n) is 6.68. The van der Waals surface area contributed by atoms with Crippen molar-refractivity contribution in [3.63, 3.8) is 0 Å². The van der Waals surface area contributed by atoms with Crippen molar-refractivity contribution in [2.75, 3.05) is 31.2 Å². The summed E-state index contributed by atoms with van der Waals surface area (Å²) in [4.78, 5) is 17.9. The van der Waals surface area contributed by atoms with Crippen LogP contribution in [-0.2, 0) is 20.2 Å². The van der Waals surface area contributed by atoms with Gasteiger partial charge in [0.05, 0.1) is 28.8 Å². The lowest BCUT2D eigenvalue weighted by atomic mass is 10.2. The number of carbonyl (C=O) groups is 1. The van der Waals surface area contributed by atoms with Crippen molar-refractivity contribution < 1.29 is 48.6 Å². The lowest BCUT2D eigenvalue weighted by Crippen LogP contribution is -2.45. The number of hydrogen-bond donors (Lipinski definition) is 3. The van der Waals surface area contributed by atoms with Crippen molar-refractivity contribution in [2.45, 2.75) is 45.2 Å². The van der Waals surface area contributed by atoms with E-state index < -0.39 is 44.3 Å². The molecular formula is C28H33Cl2F3N4O8S2. The molecule has 47 heavy (non-hydrogen) atoms. The Labute approximate surface area is 280 Å². The zero-order chi connectivity index (χ0) is 35.0. The second-order valence-electron chi connectivity index (χ2n) is 10.5. The number of nitrogens with one attached hydrogen (secondary N) is 1. The highest BCUT2D eigenvalue weighted by Crippen LogP contribution is 2.34. The average Bonchev–Trinajstić information content (AvgIpc) is 3.31. The molecule has 0 aliphatic carbocycles. The summed E-state index contributed by atoms with van der Waals surface area (Å²) in [5.74, 6) is -1.37. The summed E-state index contributed by atoms with van der Waals surface area (Å²) in [7, 11) is -8.59. The molecule has 1 saturated heterocycles. The molecule has 1 aromatic heterocycles. The molecule has 1 fully saturated rings. The standard InChI is InChI=1S/C26H27Cl2F3N4O2.C2H6O6S2/c1-17-23(25(36)33-34-13-3-2-4-14-34)32-24(21-11-6-18(27)16-22(21)28)35(17)19-7-9-20(10-8-19)37-15-5-12-26(29,30)31;3-9(4,5)1-2-10(6,7)8/h6-11,16H,2-5,12-15H2,1H3,(H,33,36);1-2H2,(H,3,4,5)(H,6,7,8). The summed E-state index contributed by atoms with van der Waals surface area (Å²) in [5, 5.41) is 2.76. The number of nitrogens with zero attached hydrogens (tertiary/aromatic N) is 3. The van der Waals surface area contributed by atoms with E-state index in [0.717, 1.165) is 32.4 Å². The van der Waals surface area contributed by atoms with E-state index in [0.29, 0.717) is 38.6 Å². The molecule has 0 atom stereocenters. The predicted molar refractivity (Wildman–Crippen MR) is 170 cm³/mol. The number of rotatable bonds is 11. The van der Waals surface area contributed by atoms with Crippen LogP contribution in [0.25, 0.3) is 17.1 Å². The minimum absolute atomic E-state index is 0.0462. The summed E-state index contributed by atoms with van der Waals surface area (Å²) >= 11 is 12.6. The van der Waals surface area contributed by atoms with Gasteiger partial charge < -0.3 is 4.74 Å². The molecule has 0 saturated carbocycles. The summed E-state index contributed by atoms with van der Waals surface area (Å²) in [6.45, 7) is 3.32. The topological polar surface area (TPSA) is 168 Å². The number of carbonyl (C=O) groups excluding carboxylic acids is 1. The first-order valence-corrected chi connectivity index (χ1v) is 18.1. The van der Waals surface area contributed by atoms with E-state index in [-0.39, 0.29) is 24.6 Å². The van der Waals surface area contributed by atoms with Gasteiger partial charge in [-0.2, -0.15) is 30.0 Å². The zero-order valence-corrected chi connectivity index (χ0v) is 28.1. The Morgan fingerprint density at radius 2 is 1.57 bits per heavy atom. The van der Waals surface area contributed by atoms with Crippen molar-refractivity contribution in [3.8, 4) is 22.8 Å². The van der Waals surface area contributed by atoms with Crippen LogP contribution < -0.4 is 10.2 Å². The smallest absolute Gasteiger partial charge is 0.389 e. The van der Waals surface area contributed by atoms with E-state index in [2.05, 4.69) is 10.4 Å². The van der Waals surface area contributed by atoms with E-state index in [9.17, 15) is 34.8 Å². The molecule has 19 heteroatoms. The normalized spacial score (nSPS) is 14.3. The van der Waals surface area contributed by atoms with Crippen molar-refractivity contribution >= 4 is 49.3 Å². The van der Waals surface area contributed by atoms with Crippen LogP contribution >= 0.6 is 23.2 Å². The number of hydrogen-bond acceptors (Lipinski definition) is 8. The summed E-state index contributed by atoms with van der Waals surface area (Å²) in [6.07, 6.45) is -2.05. The Hall–Kier alpha value is -2.93. The van der Waals surface area contributed by atoms with Gasteiger partial charge >= 0.3 is 6.18 Å². The molecule has 2 aromatic carbocycles. The van der Waals surface area contributed by atoms with E-state index >= 15 is 0 Å². The monoisotopic (exact) mass is 744 g/mol. The Morgan fingerprint density at radius 1 is 0.979 bits per heavy atom. The van der Waals surface area contributed by atoms with Crippen molar-refractivity contribution in [1.82, 2.24) is 20.0 Å². The predicted octanol–water partition coefficient (Wildman–Crippen LogP) is 5.77. The molecule has 0 unspecified atom stereocenters. The molecule has 0 spiro atoms. The maximum absolute atomic E-state index is 13.2. The number of benzene rings is 2. The number of amides is 1.